The van der Waals surface area contributed by atoms with E-state index in [1.54, 1.807) is 13.0 Å². The van der Waals surface area contributed by atoms with Crippen LogP contribution in [0.3, 0.4) is 0 Å². The van der Waals surface area contributed by atoms with Crippen molar-refractivity contribution >= 4 is 39.5 Å². The second-order valence-electron chi connectivity index (χ2n) is 4.50. The number of rotatable bonds is 3. The predicted octanol–water partition coefficient (Wildman–Crippen LogP) is 3.35. The number of ether oxygens (including phenoxy) is 1. The summed E-state index contributed by atoms with van der Waals surface area (Å²) in [6.45, 7) is 0.286. The van der Waals surface area contributed by atoms with Gasteiger partial charge in [-0.05, 0) is 47.7 Å². The first-order valence-corrected chi connectivity index (χ1v) is 7.37. The number of benzene rings is 1. The van der Waals surface area contributed by atoms with Gasteiger partial charge >= 0.3 is 12.1 Å². The molecule has 118 valence electrons. The van der Waals surface area contributed by atoms with E-state index in [1.165, 1.54) is 12.1 Å². The fraction of sp³-hybridized carbons (Fsp3) is 0.286. The molecule has 0 aliphatic heterocycles. The minimum absolute atomic E-state index is 0.0300. The zero-order chi connectivity index (χ0) is 16.5. The Kier molecular flexibility index (Phi) is 4.78. The zero-order valence-corrected chi connectivity index (χ0v) is 13.6. The van der Waals surface area contributed by atoms with Gasteiger partial charge in [0.15, 0.2) is 0 Å². The van der Waals surface area contributed by atoms with E-state index in [0.29, 0.717) is 3.57 Å². The summed E-state index contributed by atoms with van der Waals surface area (Å²) in [5.41, 5.74) is -0.912. The minimum atomic E-state index is -4.48. The molecule has 2 rings (SSSR count). The third-order valence-corrected chi connectivity index (χ3v) is 3.56. The topological polar surface area (TPSA) is 48.3 Å². The Morgan fingerprint density at radius 2 is 2.05 bits per heavy atom. The number of aromatic nitrogens is 1. The van der Waals surface area contributed by atoms with Crippen LogP contribution < -0.4 is 5.43 Å². The average Bonchev–Trinajstić information content (AvgIpc) is 2.40. The molecule has 0 amide bonds. The number of hydrogen-bond donors (Lipinski definition) is 0. The summed E-state index contributed by atoms with van der Waals surface area (Å²) in [5.74, 6) is -0.927. The summed E-state index contributed by atoms with van der Waals surface area (Å²) < 4.78 is 44.5. The van der Waals surface area contributed by atoms with Gasteiger partial charge in [-0.25, -0.2) is 4.79 Å². The highest BCUT2D eigenvalue weighted by atomic mass is 127. The van der Waals surface area contributed by atoms with Crippen molar-refractivity contribution in [3.05, 3.63) is 43.8 Å². The van der Waals surface area contributed by atoms with Gasteiger partial charge in [0, 0.05) is 15.2 Å². The molecule has 0 N–H and O–H groups in total. The number of pyridine rings is 1. The summed E-state index contributed by atoms with van der Waals surface area (Å²) in [6.07, 6.45) is -3.57. The molecule has 0 atom stereocenters. The van der Waals surface area contributed by atoms with Crippen LogP contribution in [0.5, 0.6) is 0 Å². The van der Waals surface area contributed by atoms with Crippen LogP contribution >= 0.6 is 22.6 Å². The number of nitrogens with zero attached hydrogens (tertiary/aromatic N) is 1. The maximum absolute atomic E-state index is 12.7. The summed E-state index contributed by atoms with van der Waals surface area (Å²) >= 11 is 1.94. The molecule has 4 nitrogen and oxygen atoms in total. The molecule has 0 saturated heterocycles. The van der Waals surface area contributed by atoms with Crippen molar-refractivity contribution in [3.8, 4) is 0 Å². The van der Waals surface area contributed by atoms with Crippen molar-refractivity contribution in [3.63, 3.8) is 0 Å². The molecule has 0 aliphatic rings. The van der Waals surface area contributed by atoms with Crippen molar-refractivity contribution in [2.24, 2.45) is 0 Å². The summed E-state index contributed by atoms with van der Waals surface area (Å²) in [5, 5.41) is 0.0511. The highest BCUT2D eigenvalue weighted by molar-refractivity contribution is 14.1. The number of alkyl halides is 3. The third-order valence-electron chi connectivity index (χ3n) is 2.89. The van der Waals surface area contributed by atoms with Gasteiger partial charge in [0.05, 0.1) is 12.1 Å². The van der Waals surface area contributed by atoms with Gasteiger partial charge in [-0.15, -0.1) is 0 Å². The number of carbonyl (C=O) groups excluding carboxylic acids is 1. The van der Waals surface area contributed by atoms with Gasteiger partial charge in [-0.1, -0.05) is 0 Å². The van der Waals surface area contributed by atoms with E-state index in [0.717, 1.165) is 10.8 Å². The molecular formula is C14H11F3INO3. The van der Waals surface area contributed by atoms with Crippen molar-refractivity contribution in [2.75, 3.05) is 6.61 Å². The standard InChI is InChI=1S/C14H11F3INO3/c1-2-22-13(21)10-6-19(7-14(15,16)17)11-5-8(18)3-4-9(11)12(10)20/h3-6H,2,7H2,1H3. The number of hydrogen-bond acceptors (Lipinski definition) is 3. The summed E-state index contributed by atoms with van der Waals surface area (Å²) in [6, 6.07) is 4.48. The Morgan fingerprint density at radius 1 is 1.36 bits per heavy atom. The number of halogens is 4. The molecule has 0 aliphatic carbocycles. The Hall–Kier alpha value is -1.58. The molecule has 8 heteroatoms. The molecule has 0 unspecified atom stereocenters. The van der Waals surface area contributed by atoms with Gasteiger partial charge < -0.3 is 9.30 Å². The fourth-order valence-corrected chi connectivity index (χ4v) is 2.52. The maximum atomic E-state index is 12.7. The lowest BCUT2D eigenvalue weighted by molar-refractivity contribution is -0.140. The second kappa shape index (κ2) is 6.27. The molecule has 1 aromatic heterocycles. The van der Waals surface area contributed by atoms with Crippen LogP contribution in [0.2, 0.25) is 0 Å². The van der Waals surface area contributed by atoms with E-state index in [1.807, 2.05) is 22.6 Å². The van der Waals surface area contributed by atoms with E-state index in [2.05, 4.69) is 0 Å². The maximum Gasteiger partial charge on any atom is 0.406 e. The number of carbonyl (C=O) groups is 1. The van der Waals surface area contributed by atoms with Gasteiger partial charge in [-0.3, -0.25) is 4.79 Å². The third kappa shape index (κ3) is 3.60. The second-order valence-corrected chi connectivity index (χ2v) is 5.74. The average molecular weight is 425 g/mol. The van der Waals surface area contributed by atoms with Crippen LogP contribution in [-0.4, -0.2) is 23.3 Å². The lowest BCUT2D eigenvalue weighted by Gasteiger charge is -2.15. The van der Waals surface area contributed by atoms with Gasteiger partial charge in [0.25, 0.3) is 0 Å². The zero-order valence-electron chi connectivity index (χ0n) is 11.4. The molecule has 0 radical (unpaired) electrons. The largest absolute Gasteiger partial charge is 0.462 e. The van der Waals surface area contributed by atoms with Crippen molar-refractivity contribution < 1.29 is 22.7 Å². The van der Waals surface area contributed by atoms with Crippen molar-refractivity contribution in [1.29, 1.82) is 0 Å². The smallest absolute Gasteiger partial charge is 0.406 e. The Labute approximate surface area is 137 Å². The van der Waals surface area contributed by atoms with Crippen LogP contribution in [0.1, 0.15) is 17.3 Å². The molecule has 0 spiro atoms. The van der Waals surface area contributed by atoms with Gasteiger partial charge in [0.1, 0.15) is 12.1 Å². The van der Waals surface area contributed by atoms with Crippen molar-refractivity contribution in [1.82, 2.24) is 4.57 Å². The monoisotopic (exact) mass is 425 g/mol. The van der Waals surface area contributed by atoms with Gasteiger partial charge in [0.2, 0.25) is 5.43 Å². The first-order chi connectivity index (χ1) is 10.2. The van der Waals surface area contributed by atoms with E-state index in [9.17, 15) is 22.8 Å². The van der Waals surface area contributed by atoms with Crippen LogP contribution in [0.15, 0.2) is 29.2 Å². The molecule has 0 saturated carbocycles. The predicted molar refractivity (Wildman–Crippen MR) is 82.9 cm³/mol. The fourth-order valence-electron chi connectivity index (χ4n) is 2.04. The quantitative estimate of drug-likeness (QED) is 0.560. The van der Waals surface area contributed by atoms with E-state index in [4.69, 9.17) is 4.74 Å². The highest BCUT2D eigenvalue weighted by Gasteiger charge is 2.29. The van der Waals surface area contributed by atoms with Crippen LogP contribution in [0, 0.1) is 3.57 Å². The van der Waals surface area contributed by atoms with Gasteiger partial charge in [-0.2, -0.15) is 13.2 Å². The first-order valence-electron chi connectivity index (χ1n) is 6.29. The van der Waals surface area contributed by atoms with Crippen LogP contribution in [0.4, 0.5) is 13.2 Å². The molecular weight excluding hydrogens is 414 g/mol. The van der Waals surface area contributed by atoms with E-state index in [-0.39, 0.29) is 17.5 Å². The van der Waals surface area contributed by atoms with Crippen LogP contribution in [0.25, 0.3) is 10.9 Å². The molecule has 1 heterocycles. The molecule has 2 aromatic rings. The minimum Gasteiger partial charge on any atom is -0.462 e. The van der Waals surface area contributed by atoms with E-state index < -0.39 is 29.7 Å². The lowest BCUT2D eigenvalue weighted by Crippen LogP contribution is -2.24. The Morgan fingerprint density at radius 3 is 2.64 bits per heavy atom. The highest BCUT2D eigenvalue weighted by Crippen LogP contribution is 2.22. The molecule has 22 heavy (non-hydrogen) atoms. The molecule has 1 aromatic carbocycles. The first kappa shape index (κ1) is 16.8. The van der Waals surface area contributed by atoms with Crippen molar-refractivity contribution in [2.45, 2.75) is 19.6 Å². The number of esters is 1. The molecule has 0 fully saturated rings. The van der Waals surface area contributed by atoms with Crippen LogP contribution in [-0.2, 0) is 11.3 Å². The summed E-state index contributed by atoms with van der Waals surface area (Å²) in [4.78, 5) is 24.1. The normalized spacial score (nSPS) is 11.7. The Bertz CT molecular complexity index is 783. The Balaban J connectivity index is 2.74. The number of fused-ring (bicyclic) bond motifs is 1. The SMILES string of the molecule is CCOC(=O)c1cn(CC(F)(F)F)c2cc(I)ccc2c1=O. The lowest BCUT2D eigenvalue weighted by atomic mass is 10.1. The molecule has 0 bridgehead atoms. The van der Waals surface area contributed by atoms with E-state index >= 15 is 0 Å². The summed E-state index contributed by atoms with van der Waals surface area (Å²) in [7, 11) is 0.